The number of hydrogen-bond acceptors (Lipinski definition) is 3. The van der Waals surface area contributed by atoms with Gasteiger partial charge in [-0.2, -0.15) is 0 Å². The Labute approximate surface area is 97.1 Å². The maximum atomic E-state index is 10.1. The second-order valence-electron chi connectivity index (χ2n) is 4.10. The average molecular weight is 223 g/mol. The lowest BCUT2D eigenvalue weighted by atomic mass is 10.0. The van der Waals surface area contributed by atoms with Gasteiger partial charge in [0.25, 0.3) is 0 Å². The molecule has 0 radical (unpaired) electrons. The van der Waals surface area contributed by atoms with Crippen LogP contribution in [0.25, 0.3) is 0 Å². The smallest absolute Gasteiger partial charge is 0.0940 e. The van der Waals surface area contributed by atoms with E-state index >= 15 is 0 Å². The highest BCUT2D eigenvalue weighted by molar-refractivity contribution is 5.18. The summed E-state index contributed by atoms with van der Waals surface area (Å²) >= 11 is 0. The maximum absolute atomic E-state index is 10.1. The molecule has 1 aromatic rings. The summed E-state index contributed by atoms with van der Waals surface area (Å²) in [5, 5.41) is 22.4. The highest BCUT2D eigenvalue weighted by Crippen LogP contribution is 2.16. The van der Waals surface area contributed by atoms with Gasteiger partial charge in [-0.3, -0.25) is 0 Å². The van der Waals surface area contributed by atoms with Crippen LogP contribution in [0.1, 0.15) is 31.9 Å². The fraction of sp³-hybridized carbons (Fsp3) is 0.538. The molecule has 0 saturated carbocycles. The fourth-order valence-electron chi connectivity index (χ4n) is 1.70. The van der Waals surface area contributed by atoms with E-state index in [1.165, 1.54) is 0 Å². The molecule has 0 bridgehead atoms. The zero-order valence-corrected chi connectivity index (χ0v) is 9.93. The molecule has 0 amide bonds. The molecule has 0 saturated heterocycles. The lowest BCUT2D eigenvalue weighted by Gasteiger charge is -2.25. The van der Waals surface area contributed by atoms with Gasteiger partial charge in [0.15, 0.2) is 0 Å². The number of hydrogen-bond donors (Lipinski definition) is 3. The van der Waals surface area contributed by atoms with Gasteiger partial charge in [-0.25, -0.2) is 0 Å². The summed E-state index contributed by atoms with van der Waals surface area (Å²) < 4.78 is 0. The van der Waals surface area contributed by atoms with Gasteiger partial charge >= 0.3 is 0 Å². The van der Waals surface area contributed by atoms with E-state index in [9.17, 15) is 5.11 Å². The van der Waals surface area contributed by atoms with Crippen molar-refractivity contribution in [1.82, 2.24) is 5.32 Å². The van der Waals surface area contributed by atoms with E-state index in [4.69, 9.17) is 5.11 Å². The van der Waals surface area contributed by atoms with Crippen LogP contribution in [-0.4, -0.2) is 28.9 Å². The first-order valence-corrected chi connectivity index (χ1v) is 5.79. The van der Waals surface area contributed by atoms with Gasteiger partial charge in [-0.15, -0.1) is 0 Å². The van der Waals surface area contributed by atoms with E-state index in [-0.39, 0.29) is 18.7 Å². The minimum Gasteiger partial charge on any atom is -0.395 e. The molecule has 3 N–H and O–H groups in total. The molecule has 0 aromatic heterocycles. The number of benzene rings is 1. The molecule has 90 valence electrons. The lowest BCUT2D eigenvalue weighted by Crippen LogP contribution is -2.41. The van der Waals surface area contributed by atoms with Gasteiger partial charge in [0, 0.05) is 12.1 Å². The van der Waals surface area contributed by atoms with Crippen LogP contribution in [0, 0.1) is 0 Å². The first kappa shape index (κ1) is 13.2. The molecule has 16 heavy (non-hydrogen) atoms. The second kappa shape index (κ2) is 6.63. The van der Waals surface area contributed by atoms with Crippen molar-refractivity contribution in [1.29, 1.82) is 0 Å². The molecular weight excluding hydrogens is 202 g/mol. The Morgan fingerprint density at radius 2 is 1.88 bits per heavy atom. The molecule has 3 heteroatoms. The summed E-state index contributed by atoms with van der Waals surface area (Å²) in [4.78, 5) is 0. The molecule has 1 rings (SSSR count). The Bertz CT molecular complexity index is 285. The minimum absolute atomic E-state index is 0.0494. The molecular formula is C13H21NO2. The minimum atomic E-state index is -0.540. The Morgan fingerprint density at radius 1 is 1.25 bits per heavy atom. The summed E-state index contributed by atoms with van der Waals surface area (Å²) in [6.45, 7) is 4.04. The first-order chi connectivity index (χ1) is 7.69. The van der Waals surface area contributed by atoms with Crippen LogP contribution in [0.5, 0.6) is 0 Å². The van der Waals surface area contributed by atoms with Crippen LogP contribution in [0.3, 0.4) is 0 Å². The predicted molar refractivity (Wildman–Crippen MR) is 65.2 cm³/mol. The number of nitrogens with one attached hydrogen (secondary N) is 1. The lowest BCUT2D eigenvalue weighted by molar-refractivity contribution is 0.118. The van der Waals surface area contributed by atoms with E-state index < -0.39 is 6.10 Å². The van der Waals surface area contributed by atoms with Gasteiger partial charge in [0.2, 0.25) is 0 Å². The standard InChI is InChI=1S/C13H21NO2/c1-3-12(9-15)14-10(2)13(16)11-7-5-4-6-8-11/h4-8,10,12-16H,3,9H2,1-2H3. The molecule has 0 spiro atoms. The van der Waals surface area contributed by atoms with Gasteiger partial charge in [0.05, 0.1) is 12.7 Å². The highest BCUT2D eigenvalue weighted by atomic mass is 16.3. The van der Waals surface area contributed by atoms with Crippen molar-refractivity contribution < 1.29 is 10.2 Å². The molecule has 3 nitrogen and oxygen atoms in total. The third-order valence-corrected chi connectivity index (χ3v) is 2.83. The zero-order chi connectivity index (χ0) is 12.0. The van der Waals surface area contributed by atoms with Crippen molar-refractivity contribution in [3.8, 4) is 0 Å². The molecule has 3 atom stereocenters. The van der Waals surface area contributed by atoms with Gasteiger partial charge in [-0.1, -0.05) is 37.3 Å². The molecule has 0 fully saturated rings. The van der Waals surface area contributed by atoms with E-state index in [1.54, 1.807) is 0 Å². The topological polar surface area (TPSA) is 52.5 Å². The Morgan fingerprint density at radius 3 is 2.38 bits per heavy atom. The maximum Gasteiger partial charge on any atom is 0.0940 e. The third-order valence-electron chi connectivity index (χ3n) is 2.83. The molecule has 3 unspecified atom stereocenters. The normalized spacial score (nSPS) is 16.8. The molecule has 0 aliphatic carbocycles. The van der Waals surface area contributed by atoms with Crippen molar-refractivity contribution in [2.45, 2.75) is 38.5 Å². The number of aliphatic hydroxyl groups is 2. The number of aliphatic hydroxyl groups excluding tert-OH is 2. The van der Waals surface area contributed by atoms with Crippen molar-refractivity contribution >= 4 is 0 Å². The van der Waals surface area contributed by atoms with E-state index in [0.717, 1.165) is 12.0 Å². The largest absolute Gasteiger partial charge is 0.395 e. The summed E-state index contributed by atoms with van der Waals surface area (Å²) in [6, 6.07) is 9.54. The molecule has 0 aliphatic heterocycles. The van der Waals surface area contributed by atoms with Crippen LogP contribution in [0.2, 0.25) is 0 Å². The summed E-state index contributed by atoms with van der Waals surface area (Å²) in [5.74, 6) is 0. The fourth-order valence-corrected chi connectivity index (χ4v) is 1.70. The van der Waals surface area contributed by atoms with Crippen molar-refractivity contribution in [2.75, 3.05) is 6.61 Å². The predicted octanol–water partition coefficient (Wildman–Crippen LogP) is 1.47. The zero-order valence-electron chi connectivity index (χ0n) is 9.93. The van der Waals surface area contributed by atoms with Crippen molar-refractivity contribution in [3.05, 3.63) is 35.9 Å². The molecule has 0 aliphatic rings. The van der Waals surface area contributed by atoms with Crippen molar-refractivity contribution in [2.24, 2.45) is 0 Å². The monoisotopic (exact) mass is 223 g/mol. The Kier molecular flexibility index (Phi) is 5.46. The summed E-state index contributed by atoms with van der Waals surface area (Å²) in [6.07, 6.45) is 0.310. The van der Waals surface area contributed by atoms with Gasteiger partial charge < -0.3 is 15.5 Å². The van der Waals surface area contributed by atoms with Crippen molar-refractivity contribution in [3.63, 3.8) is 0 Å². The highest BCUT2D eigenvalue weighted by Gasteiger charge is 2.18. The van der Waals surface area contributed by atoms with E-state index in [2.05, 4.69) is 5.32 Å². The van der Waals surface area contributed by atoms with Crippen LogP contribution in [0.15, 0.2) is 30.3 Å². The quantitative estimate of drug-likeness (QED) is 0.684. The van der Waals surface area contributed by atoms with E-state index in [1.807, 2.05) is 44.2 Å². The SMILES string of the molecule is CCC(CO)NC(C)C(O)c1ccccc1. The Balaban J connectivity index is 2.57. The average Bonchev–Trinajstić information content (AvgIpc) is 2.35. The van der Waals surface area contributed by atoms with Crippen LogP contribution in [-0.2, 0) is 0 Å². The van der Waals surface area contributed by atoms with Crippen LogP contribution in [0.4, 0.5) is 0 Å². The van der Waals surface area contributed by atoms with Crippen LogP contribution >= 0.6 is 0 Å². The van der Waals surface area contributed by atoms with Gasteiger partial charge in [-0.05, 0) is 18.9 Å². The number of rotatable bonds is 6. The Hall–Kier alpha value is -0.900. The molecule has 1 aromatic carbocycles. The second-order valence-corrected chi connectivity index (χ2v) is 4.10. The van der Waals surface area contributed by atoms with Crippen LogP contribution < -0.4 is 5.32 Å². The molecule has 0 heterocycles. The first-order valence-electron chi connectivity index (χ1n) is 5.79. The summed E-state index contributed by atoms with van der Waals surface area (Å²) in [5.41, 5.74) is 0.898. The summed E-state index contributed by atoms with van der Waals surface area (Å²) in [7, 11) is 0. The third kappa shape index (κ3) is 3.59. The van der Waals surface area contributed by atoms with E-state index in [0.29, 0.717) is 0 Å². The van der Waals surface area contributed by atoms with Gasteiger partial charge in [0.1, 0.15) is 0 Å².